The maximum Gasteiger partial charge on any atom is 0.253 e. The third-order valence-electron chi connectivity index (χ3n) is 7.11. The van der Waals surface area contributed by atoms with Crippen molar-refractivity contribution in [1.29, 1.82) is 0 Å². The van der Waals surface area contributed by atoms with Gasteiger partial charge in [0.15, 0.2) is 5.82 Å². The van der Waals surface area contributed by atoms with Gasteiger partial charge in [0, 0.05) is 31.3 Å². The minimum absolute atomic E-state index is 0.0855. The van der Waals surface area contributed by atoms with Crippen molar-refractivity contribution in [3.63, 3.8) is 0 Å². The summed E-state index contributed by atoms with van der Waals surface area (Å²) in [6.45, 7) is 2.86. The number of aromatic amines is 1. The molecule has 2 aromatic carbocycles. The summed E-state index contributed by atoms with van der Waals surface area (Å²) in [4.78, 5) is 18.9. The number of nitrogens with one attached hydrogen (secondary N) is 1. The number of fused-ring (bicyclic) bond motifs is 2. The van der Waals surface area contributed by atoms with Gasteiger partial charge in [-0.1, -0.05) is 24.3 Å². The average Bonchev–Trinajstić information content (AvgIpc) is 3.57. The van der Waals surface area contributed by atoms with Gasteiger partial charge in [0.1, 0.15) is 11.8 Å². The van der Waals surface area contributed by atoms with E-state index >= 15 is 0 Å². The molecule has 2 aromatic heterocycles. The first-order chi connectivity index (χ1) is 17.2. The number of rotatable bonds is 6. The molecular weight excluding hydrogens is 444 g/mol. The molecule has 0 bridgehead atoms. The first kappa shape index (κ1) is 21.9. The molecule has 1 fully saturated rings. The van der Waals surface area contributed by atoms with Gasteiger partial charge in [-0.15, -0.1) is 5.10 Å². The lowest BCUT2D eigenvalue weighted by molar-refractivity contribution is 0.0904. The first-order valence-electron chi connectivity index (χ1n) is 12.1. The molecule has 35 heavy (non-hydrogen) atoms. The van der Waals surface area contributed by atoms with Crippen LogP contribution in [0.15, 0.2) is 53.3 Å². The minimum Gasteiger partial charge on any atom is -0.497 e. The van der Waals surface area contributed by atoms with Crippen molar-refractivity contribution in [1.82, 2.24) is 30.1 Å². The smallest absolute Gasteiger partial charge is 0.253 e. The Labute approximate surface area is 202 Å². The molecule has 0 unspecified atom stereocenters. The molecule has 0 saturated carbocycles. The van der Waals surface area contributed by atoms with Crippen molar-refractivity contribution in [2.24, 2.45) is 0 Å². The number of ether oxygens (including phenoxy) is 2. The molecule has 0 spiro atoms. The molecule has 1 N–H and O–H groups in total. The zero-order valence-electron chi connectivity index (χ0n) is 19.7. The Balaban J connectivity index is 1.45. The van der Waals surface area contributed by atoms with E-state index in [1.807, 2.05) is 28.9 Å². The summed E-state index contributed by atoms with van der Waals surface area (Å²) >= 11 is 0. The number of tetrazole rings is 1. The van der Waals surface area contributed by atoms with Gasteiger partial charge < -0.3 is 14.5 Å². The van der Waals surface area contributed by atoms with Gasteiger partial charge in [-0.05, 0) is 64.4 Å². The molecule has 0 aliphatic carbocycles. The molecule has 180 valence electrons. The number of pyridine rings is 1. The van der Waals surface area contributed by atoms with E-state index in [2.05, 4.69) is 49.7 Å². The van der Waals surface area contributed by atoms with Crippen LogP contribution in [-0.2, 0) is 24.2 Å². The van der Waals surface area contributed by atoms with E-state index in [1.165, 1.54) is 11.1 Å². The fraction of sp³-hybridized carbons (Fsp3) is 0.385. The molecule has 4 heterocycles. The fourth-order valence-electron chi connectivity index (χ4n) is 5.28. The molecule has 0 amide bonds. The second-order valence-corrected chi connectivity index (χ2v) is 9.25. The second-order valence-electron chi connectivity index (χ2n) is 9.25. The maximum atomic E-state index is 13.5. The molecule has 9 nitrogen and oxygen atoms in total. The van der Waals surface area contributed by atoms with E-state index in [-0.39, 0.29) is 11.7 Å². The predicted octanol–water partition coefficient (Wildman–Crippen LogP) is 2.85. The number of aromatic nitrogens is 5. The third-order valence-corrected chi connectivity index (χ3v) is 7.11. The standard InChI is InChI=1S/C26H28N6O3/c1-34-20-9-8-18-13-22(26(33)27-23(18)14-20)24(31-11-10-17-5-2-3-6-19(17)15-31)25-28-29-30-32(25)16-21-7-4-12-35-21/h2-3,5-6,8-9,13-14,21,24H,4,7,10-12,15-16H2,1H3,(H,27,33)/t21-,24+/m0/s1. The van der Waals surface area contributed by atoms with Crippen LogP contribution >= 0.6 is 0 Å². The lowest BCUT2D eigenvalue weighted by Crippen LogP contribution is -2.39. The number of hydrogen-bond donors (Lipinski definition) is 1. The lowest BCUT2D eigenvalue weighted by atomic mass is 9.96. The number of H-pyrrole nitrogens is 1. The lowest BCUT2D eigenvalue weighted by Gasteiger charge is -2.35. The Bertz CT molecular complexity index is 1410. The molecular formula is C26H28N6O3. The zero-order chi connectivity index (χ0) is 23.8. The van der Waals surface area contributed by atoms with Crippen LogP contribution in [0.25, 0.3) is 10.9 Å². The van der Waals surface area contributed by atoms with Crippen molar-refractivity contribution in [3.8, 4) is 5.75 Å². The summed E-state index contributed by atoms with van der Waals surface area (Å²) in [6.07, 6.45) is 3.02. The Morgan fingerprint density at radius 2 is 2.09 bits per heavy atom. The normalized spacial score (nSPS) is 19.1. The summed E-state index contributed by atoms with van der Waals surface area (Å²) in [5, 5.41) is 13.7. The van der Waals surface area contributed by atoms with Crippen molar-refractivity contribution in [2.45, 2.75) is 44.5 Å². The number of benzene rings is 2. The van der Waals surface area contributed by atoms with Gasteiger partial charge in [-0.3, -0.25) is 9.69 Å². The Morgan fingerprint density at radius 1 is 1.20 bits per heavy atom. The molecule has 1 saturated heterocycles. The summed E-state index contributed by atoms with van der Waals surface area (Å²) < 4.78 is 13.0. The van der Waals surface area contributed by atoms with Crippen LogP contribution in [-0.4, -0.2) is 56.5 Å². The highest BCUT2D eigenvalue weighted by Crippen LogP contribution is 2.32. The van der Waals surface area contributed by atoms with Gasteiger partial charge in [0.25, 0.3) is 5.56 Å². The second kappa shape index (κ2) is 9.24. The third kappa shape index (κ3) is 4.21. The van der Waals surface area contributed by atoms with Crippen LogP contribution in [0, 0.1) is 0 Å². The molecule has 2 aliphatic rings. The molecule has 2 aliphatic heterocycles. The van der Waals surface area contributed by atoms with Gasteiger partial charge in [-0.25, -0.2) is 4.68 Å². The molecule has 0 radical (unpaired) electrons. The summed E-state index contributed by atoms with van der Waals surface area (Å²) in [6, 6.07) is 15.8. The van der Waals surface area contributed by atoms with Crippen LogP contribution < -0.4 is 10.3 Å². The number of nitrogens with zero attached hydrogens (tertiary/aromatic N) is 5. The monoisotopic (exact) mass is 472 g/mol. The van der Waals surface area contributed by atoms with Gasteiger partial charge in [0.2, 0.25) is 0 Å². The van der Waals surface area contributed by atoms with Crippen molar-refractivity contribution in [3.05, 3.63) is 81.4 Å². The largest absolute Gasteiger partial charge is 0.497 e. The van der Waals surface area contributed by atoms with Crippen LogP contribution in [0.5, 0.6) is 5.75 Å². The zero-order valence-corrected chi connectivity index (χ0v) is 19.7. The van der Waals surface area contributed by atoms with E-state index < -0.39 is 6.04 Å². The highest BCUT2D eigenvalue weighted by molar-refractivity contribution is 5.80. The highest BCUT2D eigenvalue weighted by Gasteiger charge is 2.33. The summed E-state index contributed by atoms with van der Waals surface area (Å²) in [5.74, 6) is 1.36. The fourth-order valence-corrected chi connectivity index (χ4v) is 5.28. The molecule has 4 aromatic rings. The predicted molar refractivity (Wildman–Crippen MR) is 130 cm³/mol. The summed E-state index contributed by atoms with van der Waals surface area (Å²) in [5.41, 5.74) is 3.83. The van der Waals surface area contributed by atoms with Crippen molar-refractivity contribution >= 4 is 10.9 Å². The minimum atomic E-state index is -0.394. The van der Waals surface area contributed by atoms with Gasteiger partial charge in [0.05, 0.1) is 25.3 Å². The number of methoxy groups -OCH3 is 1. The number of hydrogen-bond acceptors (Lipinski definition) is 7. The van der Waals surface area contributed by atoms with Gasteiger partial charge in [-0.2, -0.15) is 0 Å². The Morgan fingerprint density at radius 3 is 2.91 bits per heavy atom. The molecule has 9 heteroatoms. The van der Waals surface area contributed by atoms with Crippen LogP contribution in [0.2, 0.25) is 0 Å². The van der Waals surface area contributed by atoms with Crippen molar-refractivity contribution in [2.75, 3.05) is 20.3 Å². The topological polar surface area (TPSA) is 98.2 Å². The first-order valence-corrected chi connectivity index (χ1v) is 12.1. The van der Waals surface area contributed by atoms with Crippen LogP contribution in [0.3, 0.4) is 0 Å². The van der Waals surface area contributed by atoms with E-state index in [1.54, 1.807) is 7.11 Å². The van der Waals surface area contributed by atoms with Crippen LogP contribution in [0.4, 0.5) is 0 Å². The maximum absolute atomic E-state index is 13.5. The SMILES string of the molecule is COc1ccc2cc([C@H](c3nnnn3C[C@@H]3CCCO3)N3CCc4ccccc4C3)c(=O)[nH]c2c1. The quantitative estimate of drug-likeness (QED) is 0.461. The average molecular weight is 473 g/mol. The van der Waals surface area contributed by atoms with Crippen molar-refractivity contribution < 1.29 is 9.47 Å². The Hall–Kier alpha value is -3.56. The highest BCUT2D eigenvalue weighted by atomic mass is 16.5. The van der Waals surface area contributed by atoms with E-state index in [0.29, 0.717) is 30.2 Å². The van der Waals surface area contributed by atoms with E-state index in [9.17, 15) is 4.79 Å². The van der Waals surface area contributed by atoms with Gasteiger partial charge >= 0.3 is 0 Å². The molecule has 6 rings (SSSR count). The van der Waals surface area contributed by atoms with E-state index in [0.717, 1.165) is 43.3 Å². The summed E-state index contributed by atoms with van der Waals surface area (Å²) in [7, 11) is 1.62. The van der Waals surface area contributed by atoms with E-state index in [4.69, 9.17) is 9.47 Å². The van der Waals surface area contributed by atoms with Crippen LogP contribution in [0.1, 0.15) is 41.4 Å². The molecule has 2 atom stereocenters. The Kier molecular flexibility index (Phi) is 5.79.